The van der Waals surface area contributed by atoms with Crippen molar-refractivity contribution in [1.29, 1.82) is 0 Å². The summed E-state index contributed by atoms with van der Waals surface area (Å²) in [4.78, 5) is 12.7. The summed E-state index contributed by atoms with van der Waals surface area (Å²) in [6.07, 6.45) is 0. The van der Waals surface area contributed by atoms with Gasteiger partial charge in [0.25, 0.3) is 0 Å². The van der Waals surface area contributed by atoms with Gasteiger partial charge in [-0.1, -0.05) is 40.9 Å². The molecular weight excluding hydrogens is 295 g/mol. The minimum absolute atomic E-state index is 0.229. The Hall–Kier alpha value is -1.51. The lowest BCUT2D eigenvalue weighted by molar-refractivity contribution is 0.103. The van der Waals surface area contributed by atoms with Crippen molar-refractivity contribution < 1.29 is 9.53 Å². The molecule has 2 nitrogen and oxygen atoms in total. The Labute approximate surface area is 128 Å². The largest absolute Gasteiger partial charge is 0.493 e. The van der Waals surface area contributed by atoms with Gasteiger partial charge in [-0.05, 0) is 38.1 Å². The van der Waals surface area contributed by atoms with Gasteiger partial charge in [0.15, 0.2) is 5.78 Å². The fraction of sp³-hybridized carbons (Fsp3) is 0.188. The molecule has 0 atom stereocenters. The van der Waals surface area contributed by atoms with E-state index in [2.05, 4.69) is 0 Å². The SMILES string of the molecule is CCOc1ccc(C)cc1C(=O)c1c(Cl)cccc1Cl. The molecule has 0 N–H and O–H groups in total. The van der Waals surface area contributed by atoms with E-state index in [-0.39, 0.29) is 5.78 Å². The Bertz CT molecular complexity index is 631. The molecule has 0 aliphatic rings. The summed E-state index contributed by atoms with van der Waals surface area (Å²) in [5.74, 6) is 0.312. The van der Waals surface area contributed by atoms with E-state index in [0.717, 1.165) is 5.56 Å². The first kappa shape index (κ1) is 14.9. The third-order valence-corrected chi connectivity index (χ3v) is 3.50. The number of hydrogen-bond acceptors (Lipinski definition) is 2. The number of benzene rings is 2. The Morgan fingerprint density at radius 2 is 1.80 bits per heavy atom. The molecule has 0 aromatic heterocycles. The van der Waals surface area contributed by atoms with Crippen LogP contribution in [-0.4, -0.2) is 12.4 Å². The molecule has 2 rings (SSSR count). The van der Waals surface area contributed by atoms with E-state index in [1.54, 1.807) is 30.3 Å². The molecule has 0 fully saturated rings. The molecule has 0 spiro atoms. The molecule has 0 radical (unpaired) electrons. The fourth-order valence-corrected chi connectivity index (χ4v) is 2.52. The van der Waals surface area contributed by atoms with Gasteiger partial charge in [0.1, 0.15) is 5.75 Å². The molecule has 20 heavy (non-hydrogen) atoms. The first-order chi connectivity index (χ1) is 9.54. The van der Waals surface area contributed by atoms with Crippen LogP contribution >= 0.6 is 23.2 Å². The molecule has 2 aromatic carbocycles. The smallest absolute Gasteiger partial charge is 0.199 e. The number of carbonyl (C=O) groups is 1. The zero-order valence-corrected chi connectivity index (χ0v) is 12.8. The summed E-state index contributed by atoms with van der Waals surface area (Å²) in [5, 5.41) is 0.679. The van der Waals surface area contributed by atoms with E-state index in [4.69, 9.17) is 27.9 Å². The van der Waals surface area contributed by atoms with E-state index >= 15 is 0 Å². The van der Waals surface area contributed by atoms with Crippen molar-refractivity contribution in [1.82, 2.24) is 0 Å². The Morgan fingerprint density at radius 1 is 1.15 bits per heavy atom. The maximum atomic E-state index is 12.7. The van der Waals surface area contributed by atoms with Crippen LogP contribution in [0.25, 0.3) is 0 Å². The van der Waals surface area contributed by atoms with E-state index < -0.39 is 0 Å². The summed E-state index contributed by atoms with van der Waals surface area (Å²) in [6, 6.07) is 10.5. The fourth-order valence-electron chi connectivity index (χ4n) is 1.95. The van der Waals surface area contributed by atoms with Gasteiger partial charge in [-0.15, -0.1) is 0 Å². The van der Waals surface area contributed by atoms with Crippen LogP contribution in [0.1, 0.15) is 28.4 Å². The van der Waals surface area contributed by atoms with Crippen LogP contribution in [0, 0.1) is 6.92 Å². The average Bonchev–Trinajstić information content (AvgIpc) is 2.40. The van der Waals surface area contributed by atoms with Crippen molar-refractivity contribution >= 4 is 29.0 Å². The van der Waals surface area contributed by atoms with Gasteiger partial charge >= 0.3 is 0 Å². The molecule has 4 heteroatoms. The predicted molar refractivity (Wildman–Crippen MR) is 82.2 cm³/mol. The van der Waals surface area contributed by atoms with Crippen molar-refractivity contribution in [3.63, 3.8) is 0 Å². The molecule has 0 unspecified atom stereocenters. The van der Waals surface area contributed by atoms with Gasteiger partial charge < -0.3 is 4.74 Å². The number of ether oxygens (including phenoxy) is 1. The predicted octanol–water partition coefficient (Wildman–Crippen LogP) is 4.93. The zero-order valence-electron chi connectivity index (χ0n) is 11.2. The van der Waals surface area contributed by atoms with Crippen LogP contribution in [0.15, 0.2) is 36.4 Å². The molecule has 0 heterocycles. The molecule has 0 amide bonds. The second-order valence-corrected chi connectivity index (χ2v) is 5.17. The molecule has 2 aromatic rings. The number of hydrogen-bond donors (Lipinski definition) is 0. The third-order valence-electron chi connectivity index (χ3n) is 2.87. The Balaban J connectivity index is 2.56. The maximum Gasteiger partial charge on any atom is 0.199 e. The van der Waals surface area contributed by atoms with Gasteiger partial charge in [0, 0.05) is 0 Å². The lowest BCUT2D eigenvalue weighted by Gasteiger charge is -2.12. The molecule has 0 saturated carbocycles. The number of halogens is 2. The molecule has 0 aliphatic heterocycles. The monoisotopic (exact) mass is 308 g/mol. The van der Waals surface area contributed by atoms with Crippen molar-refractivity contribution in [2.45, 2.75) is 13.8 Å². The van der Waals surface area contributed by atoms with E-state index in [9.17, 15) is 4.79 Å². The minimum atomic E-state index is -0.229. The second-order valence-electron chi connectivity index (χ2n) is 4.36. The van der Waals surface area contributed by atoms with Crippen LogP contribution < -0.4 is 4.74 Å². The first-order valence-electron chi connectivity index (χ1n) is 6.26. The minimum Gasteiger partial charge on any atom is -0.493 e. The average molecular weight is 309 g/mol. The highest BCUT2D eigenvalue weighted by Crippen LogP contribution is 2.30. The summed E-state index contributed by atoms with van der Waals surface area (Å²) in [5.41, 5.74) is 1.75. The normalized spacial score (nSPS) is 10.4. The third kappa shape index (κ3) is 2.97. The van der Waals surface area contributed by atoms with Crippen molar-refractivity contribution in [2.75, 3.05) is 6.61 Å². The van der Waals surface area contributed by atoms with Crippen LogP contribution in [0.3, 0.4) is 0 Å². The zero-order chi connectivity index (χ0) is 14.7. The molecular formula is C16H14Cl2O2. The standard InChI is InChI=1S/C16H14Cl2O2/c1-3-20-14-8-7-10(2)9-11(14)16(19)15-12(17)5-4-6-13(15)18/h4-9H,3H2,1-2H3. The van der Waals surface area contributed by atoms with Crippen LogP contribution in [0.4, 0.5) is 0 Å². The van der Waals surface area contributed by atoms with Crippen LogP contribution in [0.5, 0.6) is 5.75 Å². The van der Waals surface area contributed by atoms with Crippen LogP contribution in [-0.2, 0) is 0 Å². The highest BCUT2D eigenvalue weighted by atomic mass is 35.5. The number of ketones is 1. The Kier molecular flexibility index (Phi) is 4.69. The maximum absolute atomic E-state index is 12.7. The van der Waals surface area contributed by atoms with E-state index in [1.807, 2.05) is 19.9 Å². The van der Waals surface area contributed by atoms with Gasteiger partial charge in [0.2, 0.25) is 0 Å². The molecule has 0 bridgehead atoms. The second kappa shape index (κ2) is 6.29. The summed E-state index contributed by atoms with van der Waals surface area (Å²) < 4.78 is 5.51. The van der Waals surface area contributed by atoms with Crippen molar-refractivity contribution in [3.05, 3.63) is 63.1 Å². The van der Waals surface area contributed by atoms with Crippen molar-refractivity contribution in [3.8, 4) is 5.75 Å². The summed E-state index contributed by atoms with van der Waals surface area (Å²) >= 11 is 12.2. The topological polar surface area (TPSA) is 26.3 Å². The molecule has 0 saturated heterocycles. The lowest BCUT2D eigenvalue weighted by atomic mass is 10.0. The number of carbonyl (C=O) groups excluding carboxylic acids is 1. The Morgan fingerprint density at radius 3 is 2.40 bits per heavy atom. The summed E-state index contributed by atoms with van der Waals surface area (Å²) in [7, 11) is 0. The van der Waals surface area contributed by atoms with Gasteiger partial charge in [-0.25, -0.2) is 0 Å². The van der Waals surface area contributed by atoms with Gasteiger partial charge in [0.05, 0.1) is 27.8 Å². The lowest BCUT2D eigenvalue weighted by Crippen LogP contribution is -2.07. The van der Waals surface area contributed by atoms with Gasteiger partial charge in [-0.2, -0.15) is 0 Å². The van der Waals surface area contributed by atoms with Gasteiger partial charge in [-0.3, -0.25) is 4.79 Å². The van der Waals surface area contributed by atoms with E-state index in [0.29, 0.717) is 33.5 Å². The number of aryl methyl sites for hydroxylation is 1. The quantitative estimate of drug-likeness (QED) is 0.748. The highest BCUT2D eigenvalue weighted by Gasteiger charge is 2.20. The van der Waals surface area contributed by atoms with E-state index in [1.165, 1.54) is 0 Å². The molecule has 0 aliphatic carbocycles. The van der Waals surface area contributed by atoms with Crippen LogP contribution in [0.2, 0.25) is 10.0 Å². The first-order valence-corrected chi connectivity index (χ1v) is 7.02. The van der Waals surface area contributed by atoms with Crippen molar-refractivity contribution in [2.24, 2.45) is 0 Å². The summed E-state index contributed by atoms with van der Waals surface area (Å²) in [6.45, 7) is 4.27. The number of rotatable bonds is 4. The molecule has 104 valence electrons. The highest BCUT2D eigenvalue weighted by molar-refractivity contribution is 6.41.